The van der Waals surface area contributed by atoms with Gasteiger partial charge >= 0.3 is 0 Å². The number of hydrogen-bond acceptors (Lipinski definition) is 4. The molecule has 88 heavy (non-hydrogen) atoms. The van der Waals surface area contributed by atoms with E-state index < -0.39 is 51.9 Å². The van der Waals surface area contributed by atoms with Gasteiger partial charge in [0, 0.05) is 78.0 Å². The van der Waals surface area contributed by atoms with Crippen molar-refractivity contribution in [1.29, 1.82) is 0 Å². The van der Waals surface area contributed by atoms with Crippen LogP contribution in [-0.2, 0) is 42.7 Å². The van der Waals surface area contributed by atoms with E-state index in [-0.39, 0.29) is 91.4 Å². The zero-order valence-electron chi connectivity index (χ0n) is 63.0. The van der Waals surface area contributed by atoms with Crippen LogP contribution in [0.1, 0.15) is 121 Å². The normalized spacial score (nSPS) is 16.3. The van der Waals surface area contributed by atoms with Crippen molar-refractivity contribution in [2.45, 2.75) is 104 Å². The predicted molar refractivity (Wildman–Crippen MR) is 364 cm³/mol. The average Bonchev–Trinajstić information content (AvgIpc) is 1.37. The van der Waals surface area contributed by atoms with E-state index in [2.05, 4.69) is 126 Å². The first-order valence-corrected chi connectivity index (χ1v) is 29.7. The van der Waals surface area contributed by atoms with Gasteiger partial charge in [-0.1, -0.05) is 214 Å². The average molecular weight is 1340 g/mol. The second kappa shape index (κ2) is 22.4. The Morgan fingerprint density at radius 2 is 1.11 bits per heavy atom. The molecule has 1 aliphatic carbocycles. The van der Waals surface area contributed by atoms with Crippen LogP contribution >= 0.6 is 0 Å². The van der Waals surface area contributed by atoms with Gasteiger partial charge in [0.25, 0.3) is 0 Å². The van der Waals surface area contributed by atoms with Crippen molar-refractivity contribution in [3.63, 3.8) is 0 Å². The van der Waals surface area contributed by atoms with E-state index in [9.17, 15) is 6.85 Å². The molecular weight excluding hydrogens is 1250 g/mol. The summed E-state index contributed by atoms with van der Waals surface area (Å²) in [5, 5.41) is 0.667. The molecule has 10 aromatic carbocycles. The van der Waals surface area contributed by atoms with Crippen molar-refractivity contribution < 1.29 is 42.3 Å². The summed E-state index contributed by atoms with van der Waals surface area (Å²) in [6, 6.07) is 54.3. The monoisotopic (exact) mass is 1340 g/mol. The molecule has 0 amide bonds. The Kier molecular flexibility index (Phi) is 11.6. The maximum absolute atomic E-state index is 10.6. The van der Waals surface area contributed by atoms with E-state index >= 15 is 0 Å². The van der Waals surface area contributed by atoms with Gasteiger partial charge in [0.15, 0.2) is 0 Å². The molecular formula is C82H73N4OPt-3. The molecule has 0 saturated heterocycles. The van der Waals surface area contributed by atoms with Gasteiger partial charge in [-0.3, -0.25) is 0 Å². The Hall–Kier alpha value is -8.76. The molecule has 3 heterocycles. The van der Waals surface area contributed by atoms with Crippen molar-refractivity contribution in [1.82, 2.24) is 9.55 Å². The van der Waals surface area contributed by atoms with E-state index in [1.54, 1.807) is 28.8 Å². The molecule has 2 aliphatic rings. The van der Waals surface area contributed by atoms with Crippen molar-refractivity contribution in [2.24, 2.45) is 0 Å². The summed E-state index contributed by atoms with van der Waals surface area (Å²) in [5.74, 6) is 0.754. The largest absolute Gasteiger partial charge is 0.509 e. The van der Waals surface area contributed by atoms with Crippen LogP contribution in [0.2, 0.25) is 0 Å². The molecule has 2 aromatic heterocycles. The maximum atomic E-state index is 10.6. The molecule has 14 rings (SSSR count). The molecule has 0 atom stereocenters. The molecule has 0 bridgehead atoms. The SMILES string of the molecule is [2H]c1c([2H])c([2H])c(-c2cnc(-n3c4[c-]c(Oc5[c-]c(N6[CH-]N(c7c(-c8cc(-c9ccccc9)cc(-c9ccccc9)c8)cc(C(C)(C)C)cc7-c7c([2H])c([2H])c8c(c7[2H])C(C)(C)CCC8(C)C)c7ccccc76)ccc5)ccc4c4c([2H])c([2H])c([2H])c([2H])c43)cc2C(C)(C)C)c([2H])c1[2H].[Pt]. The fourth-order valence-corrected chi connectivity index (χ4v) is 12.5. The summed E-state index contributed by atoms with van der Waals surface area (Å²) in [7, 11) is 0. The van der Waals surface area contributed by atoms with E-state index in [1.807, 2.05) is 99.1 Å². The number of rotatable bonds is 10. The minimum Gasteiger partial charge on any atom is -0.509 e. The van der Waals surface area contributed by atoms with Gasteiger partial charge < -0.3 is 19.1 Å². The van der Waals surface area contributed by atoms with Crippen molar-refractivity contribution in [2.75, 3.05) is 9.80 Å². The second-order valence-electron chi connectivity index (χ2n) is 26.3. The van der Waals surface area contributed by atoms with Crippen LogP contribution in [0, 0.1) is 18.8 Å². The molecule has 0 saturated carbocycles. The Bertz CT molecular complexity index is 5260. The second-order valence-corrected chi connectivity index (χ2v) is 26.3. The third-order valence-corrected chi connectivity index (χ3v) is 17.3. The van der Waals surface area contributed by atoms with Gasteiger partial charge in [-0.25, -0.2) is 4.98 Å². The molecule has 5 nitrogen and oxygen atoms in total. The molecule has 0 unspecified atom stereocenters. The van der Waals surface area contributed by atoms with Gasteiger partial charge in [-0.05, 0) is 156 Å². The summed E-state index contributed by atoms with van der Waals surface area (Å²) >= 11 is 0. The van der Waals surface area contributed by atoms with E-state index in [1.165, 1.54) is 6.20 Å². The molecule has 1 aliphatic heterocycles. The number of nitrogens with zero attached hydrogens (tertiary/aromatic N) is 4. The van der Waals surface area contributed by atoms with Crippen LogP contribution in [0.3, 0.4) is 0 Å². The zero-order chi connectivity index (χ0) is 70.4. The quantitative estimate of drug-likeness (QED) is 0.128. The van der Waals surface area contributed by atoms with Crippen LogP contribution in [0.15, 0.2) is 230 Å². The van der Waals surface area contributed by atoms with E-state index in [0.717, 1.165) is 80.0 Å². The van der Waals surface area contributed by atoms with E-state index in [4.69, 9.17) is 19.3 Å². The van der Waals surface area contributed by atoms with Gasteiger partial charge in [-0.15, -0.1) is 48.1 Å². The molecule has 0 fully saturated rings. The Morgan fingerprint density at radius 1 is 0.511 bits per heavy atom. The number of ether oxygens (including phenoxy) is 1. The van der Waals surface area contributed by atoms with Crippen molar-refractivity contribution in [3.8, 4) is 73.0 Å². The van der Waals surface area contributed by atoms with Crippen LogP contribution < -0.4 is 14.5 Å². The predicted octanol–water partition coefficient (Wildman–Crippen LogP) is 22.3. The van der Waals surface area contributed by atoms with E-state index in [0.29, 0.717) is 44.6 Å². The summed E-state index contributed by atoms with van der Waals surface area (Å²) in [4.78, 5) is 9.07. The minimum absolute atomic E-state index is 0. The van der Waals surface area contributed by atoms with Crippen LogP contribution in [0.4, 0.5) is 22.7 Å². The van der Waals surface area contributed by atoms with Gasteiger partial charge in [-0.2, -0.15) is 12.1 Å². The number of benzene rings is 10. The number of hydrogen-bond donors (Lipinski definition) is 0. The first-order valence-electron chi connectivity index (χ1n) is 35.7. The van der Waals surface area contributed by atoms with Crippen LogP contribution in [0.25, 0.3) is 83.3 Å². The van der Waals surface area contributed by atoms with Gasteiger partial charge in [0.05, 0.1) is 16.4 Å². The first-order chi connectivity index (χ1) is 46.9. The standard InChI is InChI=1S/C82H73N4O.Pt/c1-79(2,3)61-47-67(57-37-40-70-72(46-57)82(9,10)42-41-81(70,7)8)78(68(48-61)60-44-58(54-25-14-11-15-26-54)43-59(45-60)55-27-16-12-17-28-55)85-53-84(74-35-22-23-36-75(74)85)62-31-24-32-63(49-62)87-64-38-39-66-65-33-20-21-34-73(65)86(76(66)50-64)77-51-71(80(4,5)6)69(52-83-77)56-29-18-13-19-30-56;/h11-40,43-48,51-53H,41-42H2,1-10H3;/q-3;/i13D,18D,19D,20D,21D,29D,30D,33D,34D,37D,40D,46D;. The van der Waals surface area contributed by atoms with Crippen LogP contribution in [0.5, 0.6) is 11.5 Å². The Labute approximate surface area is 551 Å². The maximum Gasteiger partial charge on any atom is 0.135 e. The third-order valence-electron chi connectivity index (χ3n) is 17.3. The minimum atomic E-state index is -0.709. The van der Waals surface area contributed by atoms with Gasteiger partial charge in [0.1, 0.15) is 5.82 Å². The van der Waals surface area contributed by atoms with Crippen molar-refractivity contribution in [3.05, 3.63) is 271 Å². The molecule has 12 aromatic rings. The van der Waals surface area contributed by atoms with Crippen LogP contribution in [-0.4, -0.2) is 9.55 Å². The topological polar surface area (TPSA) is 33.5 Å². The molecule has 6 heteroatoms. The Morgan fingerprint density at radius 3 is 1.78 bits per heavy atom. The summed E-state index contributed by atoms with van der Waals surface area (Å²) in [6.07, 6.45) is 3.09. The fourth-order valence-electron chi connectivity index (χ4n) is 12.5. The number of pyridine rings is 1. The molecule has 440 valence electrons. The summed E-state index contributed by atoms with van der Waals surface area (Å²) in [6.45, 7) is 23.0. The zero-order valence-corrected chi connectivity index (χ0v) is 53.3. The summed E-state index contributed by atoms with van der Waals surface area (Å²) in [5.41, 5.74) is 11.6. The van der Waals surface area contributed by atoms with Crippen molar-refractivity contribution >= 4 is 44.6 Å². The smallest absolute Gasteiger partial charge is 0.135 e. The summed E-state index contributed by atoms with van der Waals surface area (Å²) < 4.78 is 119. The number of para-hydroxylation sites is 3. The molecule has 0 radical (unpaired) electrons. The third kappa shape index (κ3) is 10.7. The molecule has 0 spiro atoms. The fraction of sp³-hybridized carbons (Fsp3) is 0.195. The van der Waals surface area contributed by atoms with Gasteiger partial charge in [0.2, 0.25) is 0 Å². The number of anilines is 4. The Balaban J connectivity index is 0.00000896. The number of fused-ring (bicyclic) bond motifs is 5. The molecule has 0 N–H and O–H groups in total. The first kappa shape index (κ1) is 45.5. The number of aromatic nitrogens is 2.